The van der Waals surface area contributed by atoms with Gasteiger partial charge in [-0.15, -0.1) is 0 Å². The molecule has 1 aromatic rings. The van der Waals surface area contributed by atoms with E-state index in [9.17, 15) is 14.0 Å². The SMILES string of the molecule is Cc1ccc(F)cc1NC(=O)C(C)N1CCC(N(C)CC(=O)O)CC1. The first-order valence-electron chi connectivity index (χ1n) is 8.51. The number of aliphatic carboxylic acids is 1. The number of nitrogens with zero attached hydrogens (tertiary/aromatic N) is 2. The van der Waals surface area contributed by atoms with Gasteiger partial charge >= 0.3 is 5.97 Å². The van der Waals surface area contributed by atoms with Crippen LogP contribution in [0.5, 0.6) is 0 Å². The highest BCUT2D eigenvalue weighted by molar-refractivity contribution is 5.95. The molecular weight excluding hydrogens is 325 g/mol. The van der Waals surface area contributed by atoms with Crippen molar-refractivity contribution >= 4 is 17.6 Å². The van der Waals surface area contributed by atoms with Gasteiger partial charge < -0.3 is 10.4 Å². The molecule has 1 atom stereocenters. The number of hydrogen-bond acceptors (Lipinski definition) is 4. The van der Waals surface area contributed by atoms with Gasteiger partial charge in [0, 0.05) is 24.8 Å². The maximum atomic E-state index is 13.4. The summed E-state index contributed by atoms with van der Waals surface area (Å²) in [4.78, 5) is 27.2. The molecule has 138 valence electrons. The average molecular weight is 351 g/mol. The van der Waals surface area contributed by atoms with Gasteiger partial charge in [-0.1, -0.05) is 6.07 Å². The normalized spacial score (nSPS) is 17.5. The van der Waals surface area contributed by atoms with Crippen molar-refractivity contribution in [1.82, 2.24) is 9.80 Å². The molecule has 7 heteroatoms. The Morgan fingerprint density at radius 2 is 2.04 bits per heavy atom. The average Bonchev–Trinajstić information content (AvgIpc) is 2.57. The standard InChI is InChI=1S/C18H26FN3O3/c1-12-4-5-14(19)10-16(12)20-18(25)13(2)22-8-6-15(7-9-22)21(3)11-17(23)24/h4-5,10,13,15H,6-9,11H2,1-3H3,(H,20,25)(H,23,24). The zero-order valence-electron chi connectivity index (χ0n) is 15.0. The summed E-state index contributed by atoms with van der Waals surface area (Å²) in [5.74, 6) is -1.37. The van der Waals surface area contributed by atoms with Crippen LogP contribution in [-0.4, -0.2) is 65.5 Å². The topological polar surface area (TPSA) is 72.9 Å². The van der Waals surface area contributed by atoms with Gasteiger partial charge in [-0.2, -0.15) is 0 Å². The lowest BCUT2D eigenvalue weighted by Gasteiger charge is -2.38. The van der Waals surface area contributed by atoms with Crippen molar-refractivity contribution < 1.29 is 19.1 Å². The predicted molar refractivity (Wildman–Crippen MR) is 94.1 cm³/mol. The summed E-state index contributed by atoms with van der Waals surface area (Å²) >= 11 is 0. The maximum Gasteiger partial charge on any atom is 0.317 e. The van der Waals surface area contributed by atoms with Gasteiger partial charge in [-0.05, 0) is 51.4 Å². The number of rotatable bonds is 6. The van der Waals surface area contributed by atoms with Crippen molar-refractivity contribution in [3.8, 4) is 0 Å². The highest BCUT2D eigenvalue weighted by atomic mass is 19.1. The van der Waals surface area contributed by atoms with E-state index in [0.717, 1.165) is 31.5 Å². The van der Waals surface area contributed by atoms with Crippen molar-refractivity contribution in [3.05, 3.63) is 29.6 Å². The summed E-state index contributed by atoms with van der Waals surface area (Å²) in [7, 11) is 1.82. The number of carboxylic acids is 1. The van der Waals surface area contributed by atoms with Crippen LogP contribution in [0.3, 0.4) is 0 Å². The molecule has 1 saturated heterocycles. The van der Waals surface area contributed by atoms with Crippen LogP contribution >= 0.6 is 0 Å². The Bertz CT molecular complexity index is 630. The van der Waals surface area contributed by atoms with Crippen molar-refractivity contribution in [1.29, 1.82) is 0 Å². The number of hydrogen-bond donors (Lipinski definition) is 2. The Labute approximate surface area is 147 Å². The number of carbonyl (C=O) groups excluding carboxylic acids is 1. The van der Waals surface area contributed by atoms with E-state index in [0.29, 0.717) is 5.69 Å². The summed E-state index contributed by atoms with van der Waals surface area (Å²) in [6, 6.07) is 4.22. The zero-order chi connectivity index (χ0) is 18.6. The minimum absolute atomic E-state index is 0.0273. The van der Waals surface area contributed by atoms with Gasteiger partial charge in [0.15, 0.2) is 0 Å². The number of amides is 1. The molecule has 0 aliphatic carbocycles. The summed E-state index contributed by atoms with van der Waals surface area (Å²) in [6.45, 7) is 5.14. The molecule has 1 aliphatic heterocycles. The zero-order valence-corrected chi connectivity index (χ0v) is 15.0. The molecule has 0 aromatic heterocycles. The van der Waals surface area contributed by atoms with Crippen LogP contribution < -0.4 is 5.32 Å². The predicted octanol–water partition coefficient (Wildman–Crippen LogP) is 1.94. The van der Waals surface area contributed by atoms with Crippen molar-refractivity contribution in [2.45, 2.75) is 38.8 Å². The fourth-order valence-corrected chi connectivity index (χ4v) is 3.19. The van der Waals surface area contributed by atoms with Gasteiger partial charge in [-0.3, -0.25) is 19.4 Å². The molecule has 1 fully saturated rings. The lowest BCUT2D eigenvalue weighted by molar-refractivity contribution is -0.138. The number of nitrogens with one attached hydrogen (secondary N) is 1. The van der Waals surface area contributed by atoms with Crippen LogP contribution in [0.15, 0.2) is 18.2 Å². The summed E-state index contributed by atoms with van der Waals surface area (Å²) < 4.78 is 13.4. The van der Waals surface area contributed by atoms with Gasteiger partial charge in [0.25, 0.3) is 0 Å². The molecular formula is C18H26FN3O3. The fraction of sp³-hybridized carbons (Fsp3) is 0.556. The molecule has 2 N–H and O–H groups in total. The van der Waals surface area contributed by atoms with Crippen LogP contribution in [0.1, 0.15) is 25.3 Å². The molecule has 1 aromatic carbocycles. The molecule has 0 bridgehead atoms. The number of likely N-dealkylation sites (N-methyl/N-ethyl adjacent to an activating group) is 1. The van der Waals surface area contributed by atoms with E-state index < -0.39 is 5.97 Å². The molecule has 1 amide bonds. The molecule has 1 unspecified atom stereocenters. The van der Waals surface area contributed by atoms with Crippen LogP contribution in [0, 0.1) is 12.7 Å². The number of benzene rings is 1. The summed E-state index contributed by atoms with van der Waals surface area (Å²) in [5, 5.41) is 11.7. The summed E-state index contributed by atoms with van der Waals surface area (Å²) in [6.07, 6.45) is 1.64. The Balaban J connectivity index is 1.89. The number of piperidine rings is 1. The smallest absolute Gasteiger partial charge is 0.317 e. The van der Waals surface area contributed by atoms with Gasteiger partial charge in [0.05, 0.1) is 12.6 Å². The molecule has 2 rings (SSSR count). The van der Waals surface area contributed by atoms with E-state index in [2.05, 4.69) is 10.2 Å². The van der Waals surface area contributed by atoms with Gasteiger partial charge in [0.1, 0.15) is 5.82 Å². The van der Waals surface area contributed by atoms with E-state index in [1.54, 1.807) is 6.07 Å². The fourth-order valence-electron chi connectivity index (χ4n) is 3.19. The monoisotopic (exact) mass is 351 g/mol. The molecule has 0 radical (unpaired) electrons. The number of halogens is 1. The van der Waals surface area contributed by atoms with Crippen molar-refractivity contribution in [3.63, 3.8) is 0 Å². The Hall–Kier alpha value is -1.99. The van der Waals surface area contributed by atoms with Crippen LogP contribution in [0.2, 0.25) is 0 Å². The van der Waals surface area contributed by atoms with Crippen molar-refractivity contribution in [2.24, 2.45) is 0 Å². The van der Waals surface area contributed by atoms with E-state index in [1.807, 2.05) is 25.8 Å². The van der Waals surface area contributed by atoms with Gasteiger partial charge in [0.2, 0.25) is 5.91 Å². The van der Waals surface area contributed by atoms with E-state index in [-0.39, 0.29) is 30.4 Å². The largest absolute Gasteiger partial charge is 0.480 e. The molecule has 6 nitrogen and oxygen atoms in total. The molecule has 0 spiro atoms. The Kier molecular flexibility index (Phi) is 6.50. The van der Waals surface area contributed by atoms with Crippen LogP contribution in [0.25, 0.3) is 0 Å². The number of carboxylic acid groups (broad SMARTS) is 1. The first-order valence-corrected chi connectivity index (χ1v) is 8.51. The second-order valence-electron chi connectivity index (χ2n) is 6.70. The first kappa shape index (κ1) is 19.3. The molecule has 1 heterocycles. The maximum absolute atomic E-state index is 13.4. The number of likely N-dealkylation sites (tertiary alicyclic amines) is 1. The van der Waals surface area contributed by atoms with Gasteiger partial charge in [-0.25, -0.2) is 4.39 Å². The lowest BCUT2D eigenvalue weighted by atomic mass is 10.0. The second kappa shape index (κ2) is 8.40. The Morgan fingerprint density at radius 3 is 2.64 bits per heavy atom. The minimum Gasteiger partial charge on any atom is -0.480 e. The molecule has 0 saturated carbocycles. The lowest BCUT2D eigenvalue weighted by Crippen LogP contribution is -2.50. The van der Waals surface area contributed by atoms with Crippen LogP contribution in [-0.2, 0) is 9.59 Å². The molecule has 25 heavy (non-hydrogen) atoms. The molecule has 1 aliphatic rings. The van der Waals surface area contributed by atoms with E-state index in [1.165, 1.54) is 12.1 Å². The number of aryl methyl sites for hydroxylation is 1. The third kappa shape index (κ3) is 5.24. The van der Waals surface area contributed by atoms with Crippen LogP contribution in [0.4, 0.5) is 10.1 Å². The minimum atomic E-state index is -0.830. The van der Waals surface area contributed by atoms with E-state index >= 15 is 0 Å². The highest BCUT2D eigenvalue weighted by Gasteiger charge is 2.29. The summed E-state index contributed by atoms with van der Waals surface area (Å²) in [5.41, 5.74) is 1.31. The number of carbonyl (C=O) groups is 2. The Morgan fingerprint density at radius 1 is 1.40 bits per heavy atom. The first-order chi connectivity index (χ1) is 11.8. The number of anilines is 1. The third-order valence-corrected chi connectivity index (χ3v) is 4.89. The van der Waals surface area contributed by atoms with E-state index in [4.69, 9.17) is 5.11 Å². The quantitative estimate of drug-likeness (QED) is 0.819. The van der Waals surface area contributed by atoms with Crippen molar-refractivity contribution in [2.75, 3.05) is 32.0 Å². The second-order valence-corrected chi connectivity index (χ2v) is 6.70. The third-order valence-electron chi connectivity index (χ3n) is 4.89. The highest BCUT2D eigenvalue weighted by Crippen LogP contribution is 2.20.